The number of hydrogen-bond acceptors (Lipinski definition) is 3. The fourth-order valence-electron chi connectivity index (χ4n) is 1.30. The van der Waals surface area contributed by atoms with Gasteiger partial charge in [0, 0.05) is 19.2 Å². The maximum absolute atomic E-state index is 11.9. The molecule has 1 rings (SSSR count). The highest BCUT2D eigenvalue weighted by molar-refractivity contribution is 5.92. The van der Waals surface area contributed by atoms with E-state index in [9.17, 15) is 9.59 Å². The summed E-state index contributed by atoms with van der Waals surface area (Å²) >= 11 is 0. The van der Waals surface area contributed by atoms with Gasteiger partial charge in [-0.05, 0) is 6.07 Å². The van der Waals surface area contributed by atoms with Gasteiger partial charge in [-0.2, -0.15) is 0 Å². The van der Waals surface area contributed by atoms with Gasteiger partial charge in [-0.25, -0.2) is 0 Å². The molecule has 0 unspecified atom stereocenters. The minimum Gasteiger partial charge on any atom is -0.395 e. The zero-order valence-electron chi connectivity index (χ0n) is 8.85. The number of hydrogen-bond donors (Lipinski definition) is 2. The Morgan fingerprint density at radius 1 is 1.56 bits per heavy atom. The third kappa shape index (κ3) is 3.06. The standard InChI is InChI=1S/C11H14N2O3/c1-2-6-13(7-8-14)11(16)9-4-3-5-10(15)12-9/h2-5,14H,1,6-8H2,(H,12,15). The second kappa shape index (κ2) is 5.87. The number of pyridine rings is 1. The van der Waals surface area contributed by atoms with Crippen molar-refractivity contribution in [2.75, 3.05) is 19.7 Å². The summed E-state index contributed by atoms with van der Waals surface area (Å²) < 4.78 is 0. The Hall–Kier alpha value is -1.88. The van der Waals surface area contributed by atoms with Crippen molar-refractivity contribution in [1.82, 2.24) is 9.88 Å². The van der Waals surface area contributed by atoms with Crippen LogP contribution in [0.4, 0.5) is 0 Å². The molecule has 0 fully saturated rings. The second-order valence-electron chi connectivity index (χ2n) is 3.19. The fraction of sp³-hybridized carbons (Fsp3) is 0.273. The van der Waals surface area contributed by atoms with Gasteiger partial charge in [0.1, 0.15) is 5.69 Å². The Kier molecular flexibility index (Phi) is 4.47. The van der Waals surface area contributed by atoms with Crippen LogP contribution in [-0.4, -0.2) is 40.6 Å². The van der Waals surface area contributed by atoms with Crippen LogP contribution in [0.2, 0.25) is 0 Å². The average molecular weight is 222 g/mol. The molecule has 0 aromatic carbocycles. The van der Waals surface area contributed by atoms with Crippen LogP contribution in [0, 0.1) is 0 Å². The zero-order valence-corrected chi connectivity index (χ0v) is 8.85. The maximum atomic E-state index is 11.9. The molecule has 0 saturated carbocycles. The number of H-pyrrole nitrogens is 1. The van der Waals surface area contributed by atoms with Crippen molar-refractivity contribution in [1.29, 1.82) is 0 Å². The van der Waals surface area contributed by atoms with E-state index in [1.54, 1.807) is 6.08 Å². The minimum absolute atomic E-state index is 0.128. The first kappa shape index (κ1) is 12.2. The molecule has 0 atom stereocenters. The molecule has 0 spiro atoms. The van der Waals surface area contributed by atoms with Crippen LogP contribution in [0.15, 0.2) is 35.6 Å². The summed E-state index contributed by atoms with van der Waals surface area (Å²) in [5.74, 6) is -0.327. The lowest BCUT2D eigenvalue weighted by molar-refractivity contribution is 0.0737. The van der Waals surface area contributed by atoms with E-state index in [2.05, 4.69) is 11.6 Å². The van der Waals surface area contributed by atoms with Crippen LogP contribution in [0.3, 0.4) is 0 Å². The number of rotatable bonds is 5. The van der Waals surface area contributed by atoms with Crippen LogP contribution < -0.4 is 5.56 Å². The number of carbonyl (C=O) groups excluding carboxylic acids is 1. The molecular weight excluding hydrogens is 208 g/mol. The van der Waals surface area contributed by atoms with Gasteiger partial charge in [0.15, 0.2) is 0 Å². The van der Waals surface area contributed by atoms with Crippen molar-refractivity contribution in [3.8, 4) is 0 Å². The summed E-state index contributed by atoms with van der Waals surface area (Å²) in [6.07, 6.45) is 1.56. The number of amides is 1. The lowest BCUT2D eigenvalue weighted by Crippen LogP contribution is -2.35. The first-order chi connectivity index (χ1) is 7.69. The fourth-order valence-corrected chi connectivity index (χ4v) is 1.30. The van der Waals surface area contributed by atoms with E-state index < -0.39 is 0 Å². The van der Waals surface area contributed by atoms with Crippen LogP contribution in [-0.2, 0) is 0 Å². The summed E-state index contributed by atoms with van der Waals surface area (Å²) in [7, 11) is 0. The normalized spacial score (nSPS) is 9.81. The molecule has 5 nitrogen and oxygen atoms in total. The highest BCUT2D eigenvalue weighted by Crippen LogP contribution is 1.99. The second-order valence-corrected chi connectivity index (χ2v) is 3.19. The number of aromatic nitrogens is 1. The minimum atomic E-state index is -0.327. The van der Waals surface area contributed by atoms with Crippen molar-refractivity contribution in [3.05, 3.63) is 46.9 Å². The van der Waals surface area contributed by atoms with E-state index in [1.165, 1.54) is 23.1 Å². The predicted octanol–water partition coefficient (Wildman–Crippen LogP) is -0.00460. The number of aliphatic hydroxyl groups excluding tert-OH is 1. The molecule has 0 bridgehead atoms. The van der Waals surface area contributed by atoms with Gasteiger partial charge in [-0.15, -0.1) is 6.58 Å². The van der Waals surface area contributed by atoms with E-state index in [0.717, 1.165) is 0 Å². The van der Waals surface area contributed by atoms with Gasteiger partial charge in [0.2, 0.25) is 5.56 Å². The van der Waals surface area contributed by atoms with E-state index in [0.29, 0.717) is 6.54 Å². The Bertz CT molecular complexity index is 425. The van der Waals surface area contributed by atoms with Gasteiger partial charge < -0.3 is 15.0 Å². The summed E-state index contributed by atoms with van der Waals surface area (Å²) in [5.41, 5.74) is -0.115. The number of aromatic amines is 1. The molecule has 5 heteroatoms. The third-order valence-corrected chi connectivity index (χ3v) is 2.01. The molecule has 1 aromatic heterocycles. The monoisotopic (exact) mass is 222 g/mol. The van der Waals surface area contributed by atoms with Crippen molar-refractivity contribution in [2.24, 2.45) is 0 Å². The van der Waals surface area contributed by atoms with Gasteiger partial charge >= 0.3 is 0 Å². The van der Waals surface area contributed by atoms with E-state index >= 15 is 0 Å². The molecule has 0 saturated heterocycles. The first-order valence-electron chi connectivity index (χ1n) is 4.89. The van der Waals surface area contributed by atoms with Crippen molar-refractivity contribution >= 4 is 5.91 Å². The number of carbonyl (C=O) groups is 1. The van der Waals surface area contributed by atoms with E-state index in [-0.39, 0.29) is 30.3 Å². The van der Waals surface area contributed by atoms with Gasteiger partial charge in [-0.3, -0.25) is 9.59 Å². The van der Waals surface area contributed by atoms with Crippen LogP contribution in [0.25, 0.3) is 0 Å². The summed E-state index contributed by atoms with van der Waals surface area (Å²) in [4.78, 5) is 26.8. The Morgan fingerprint density at radius 3 is 2.88 bits per heavy atom. The Morgan fingerprint density at radius 2 is 2.31 bits per heavy atom. The predicted molar refractivity (Wildman–Crippen MR) is 60.2 cm³/mol. The van der Waals surface area contributed by atoms with Crippen molar-refractivity contribution in [3.63, 3.8) is 0 Å². The highest BCUT2D eigenvalue weighted by atomic mass is 16.3. The van der Waals surface area contributed by atoms with Crippen LogP contribution in [0.5, 0.6) is 0 Å². The van der Waals surface area contributed by atoms with Gasteiger partial charge in [-0.1, -0.05) is 12.1 Å². The molecule has 16 heavy (non-hydrogen) atoms. The van der Waals surface area contributed by atoms with Gasteiger partial charge in [0.25, 0.3) is 5.91 Å². The maximum Gasteiger partial charge on any atom is 0.270 e. The molecule has 0 aliphatic rings. The lowest BCUT2D eigenvalue weighted by atomic mass is 10.3. The number of nitrogens with one attached hydrogen (secondary N) is 1. The Balaban J connectivity index is 2.89. The summed E-state index contributed by atoms with van der Waals surface area (Å²) in [6.45, 7) is 3.94. The SMILES string of the molecule is C=CCN(CCO)C(=O)c1cccc(=O)[nH]1. The van der Waals surface area contributed by atoms with Crippen LogP contribution >= 0.6 is 0 Å². The third-order valence-electron chi connectivity index (χ3n) is 2.01. The molecule has 0 radical (unpaired) electrons. The molecule has 1 amide bonds. The van der Waals surface area contributed by atoms with Crippen molar-refractivity contribution in [2.45, 2.75) is 0 Å². The average Bonchev–Trinajstić information content (AvgIpc) is 2.28. The highest BCUT2D eigenvalue weighted by Gasteiger charge is 2.14. The summed E-state index contributed by atoms with van der Waals surface area (Å²) in [6, 6.07) is 4.37. The van der Waals surface area contributed by atoms with E-state index in [1.807, 2.05) is 0 Å². The quantitative estimate of drug-likeness (QED) is 0.688. The zero-order chi connectivity index (χ0) is 12.0. The number of nitrogens with zero attached hydrogens (tertiary/aromatic N) is 1. The van der Waals surface area contributed by atoms with Gasteiger partial charge in [0.05, 0.1) is 6.61 Å². The number of aliphatic hydroxyl groups is 1. The topological polar surface area (TPSA) is 73.4 Å². The Labute approximate surface area is 93.0 Å². The molecule has 1 heterocycles. The lowest BCUT2D eigenvalue weighted by Gasteiger charge is -2.19. The smallest absolute Gasteiger partial charge is 0.270 e. The molecule has 86 valence electrons. The molecule has 0 aliphatic heterocycles. The van der Waals surface area contributed by atoms with E-state index in [4.69, 9.17) is 5.11 Å². The molecular formula is C11H14N2O3. The first-order valence-corrected chi connectivity index (χ1v) is 4.89. The van der Waals surface area contributed by atoms with Crippen molar-refractivity contribution < 1.29 is 9.90 Å². The molecule has 0 aliphatic carbocycles. The molecule has 1 aromatic rings. The molecule has 2 N–H and O–H groups in total. The van der Waals surface area contributed by atoms with Crippen LogP contribution in [0.1, 0.15) is 10.5 Å². The largest absolute Gasteiger partial charge is 0.395 e. The summed E-state index contributed by atoms with van der Waals surface area (Å²) in [5, 5.41) is 8.81.